The zero-order valence-corrected chi connectivity index (χ0v) is 15.3. The van der Waals surface area contributed by atoms with Gasteiger partial charge in [0.2, 0.25) is 5.91 Å². The summed E-state index contributed by atoms with van der Waals surface area (Å²) in [6.45, 7) is 3.50. The molecule has 2 aromatic rings. The Labute approximate surface area is 154 Å². The molecule has 2 heterocycles. The molecule has 1 fully saturated rings. The van der Waals surface area contributed by atoms with Crippen molar-refractivity contribution in [1.29, 1.82) is 0 Å². The van der Waals surface area contributed by atoms with Crippen molar-refractivity contribution in [2.24, 2.45) is 0 Å². The first-order valence-corrected chi connectivity index (χ1v) is 9.32. The van der Waals surface area contributed by atoms with Gasteiger partial charge in [0.25, 0.3) is 5.91 Å². The summed E-state index contributed by atoms with van der Waals surface area (Å²) >= 11 is 1.08. The summed E-state index contributed by atoms with van der Waals surface area (Å²) in [5.74, 6) is -1.04. The molecular weight excluding hydrogens is 357 g/mol. The molecular formula is C18H20FN3O3S. The van der Waals surface area contributed by atoms with Gasteiger partial charge in [0.15, 0.2) is 0 Å². The van der Waals surface area contributed by atoms with Crippen LogP contribution < -0.4 is 4.87 Å². The van der Waals surface area contributed by atoms with Crippen LogP contribution in [0, 0.1) is 12.7 Å². The average molecular weight is 377 g/mol. The number of thiazole rings is 1. The number of carbonyl (C=O) groups is 2. The molecule has 26 heavy (non-hydrogen) atoms. The Morgan fingerprint density at radius 3 is 2.50 bits per heavy atom. The van der Waals surface area contributed by atoms with E-state index in [2.05, 4.69) is 0 Å². The minimum Gasteiger partial charge on any atom is -0.339 e. The van der Waals surface area contributed by atoms with Gasteiger partial charge in [0.05, 0.1) is 5.56 Å². The van der Waals surface area contributed by atoms with Gasteiger partial charge in [-0.2, -0.15) is 0 Å². The van der Waals surface area contributed by atoms with E-state index in [1.807, 2.05) is 0 Å². The molecule has 138 valence electrons. The van der Waals surface area contributed by atoms with Crippen molar-refractivity contribution in [3.05, 3.63) is 56.4 Å². The second-order valence-corrected chi connectivity index (χ2v) is 7.06. The predicted octanol–water partition coefficient (Wildman–Crippen LogP) is 1.73. The maximum Gasteiger partial charge on any atom is 0.307 e. The highest BCUT2D eigenvalue weighted by molar-refractivity contribution is 7.07. The molecule has 0 atom stereocenters. The van der Waals surface area contributed by atoms with E-state index in [4.69, 9.17) is 0 Å². The highest BCUT2D eigenvalue weighted by Crippen LogP contribution is 2.13. The van der Waals surface area contributed by atoms with Crippen molar-refractivity contribution in [3.8, 4) is 0 Å². The Balaban J connectivity index is 1.65. The van der Waals surface area contributed by atoms with Crippen LogP contribution in [0.3, 0.4) is 0 Å². The number of rotatable bonds is 3. The number of hydrogen-bond donors (Lipinski definition) is 0. The largest absolute Gasteiger partial charge is 0.339 e. The lowest BCUT2D eigenvalue weighted by atomic mass is 10.2. The van der Waals surface area contributed by atoms with E-state index in [1.165, 1.54) is 16.7 Å². The van der Waals surface area contributed by atoms with E-state index in [-0.39, 0.29) is 28.8 Å². The summed E-state index contributed by atoms with van der Waals surface area (Å²) in [7, 11) is 0. The van der Waals surface area contributed by atoms with Gasteiger partial charge in [-0.25, -0.2) is 4.39 Å². The van der Waals surface area contributed by atoms with Crippen molar-refractivity contribution in [3.63, 3.8) is 0 Å². The lowest BCUT2D eigenvalue weighted by molar-refractivity contribution is -0.131. The Morgan fingerprint density at radius 1 is 1.12 bits per heavy atom. The number of benzene rings is 1. The van der Waals surface area contributed by atoms with Gasteiger partial charge in [-0.1, -0.05) is 23.5 Å². The molecule has 1 aromatic carbocycles. The molecule has 0 bridgehead atoms. The molecule has 0 radical (unpaired) electrons. The van der Waals surface area contributed by atoms with E-state index >= 15 is 0 Å². The minimum absolute atomic E-state index is 0.00935. The van der Waals surface area contributed by atoms with Crippen LogP contribution in [-0.4, -0.2) is 52.4 Å². The summed E-state index contributed by atoms with van der Waals surface area (Å²) < 4.78 is 15.3. The molecule has 1 aliphatic rings. The summed E-state index contributed by atoms with van der Waals surface area (Å²) in [6.07, 6.45) is 0.615. The highest BCUT2D eigenvalue weighted by Gasteiger charge is 2.24. The molecule has 3 rings (SSSR count). The van der Waals surface area contributed by atoms with E-state index in [9.17, 15) is 18.8 Å². The maximum absolute atomic E-state index is 13.8. The summed E-state index contributed by atoms with van der Waals surface area (Å²) in [5, 5.41) is 1.73. The zero-order valence-electron chi connectivity index (χ0n) is 14.5. The molecule has 8 heteroatoms. The Hall–Kier alpha value is -2.48. The summed E-state index contributed by atoms with van der Waals surface area (Å²) in [4.78, 5) is 39.9. The van der Waals surface area contributed by atoms with Crippen LogP contribution in [0.4, 0.5) is 4.39 Å². The molecule has 0 N–H and O–H groups in total. The SMILES string of the molecule is Cc1csc(=O)n1CC(=O)N1CCCN(C(=O)c2ccccc2F)CC1. The Bertz CT molecular complexity index is 877. The Morgan fingerprint density at radius 2 is 1.81 bits per heavy atom. The second kappa shape index (κ2) is 7.82. The van der Waals surface area contributed by atoms with Gasteiger partial charge >= 0.3 is 4.87 Å². The zero-order chi connectivity index (χ0) is 18.7. The smallest absolute Gasteiger partial charge is 0.307 e. The third-order valence-corrected chi connectivity index (χ3v) is 5.39. The lowest BCUT2D eigenvalue weighted by Gasteiger charge is -2.22. The van der Waals surface area contributed by atoms with Crippen LogP contribution >= 0.6 is 11.3 Å². The van der Waals surface area contributed by atoms with Crippen molar-refractivity contribution in [1.82, 2.24) is 14.4 Å². The van der Waals surface area contributed by atoms with E-state index < -0.39 is 5.82 Å². The van der Waals surface area contributed by atoms with Crippen molar-refractivity contribution in [2.45, 2.75) is 19.9 Å². The first kappa shape index (κ1) is 18.3. The van der Waals surface area contributed by atoms with E-state index in [0.29, 0.717) is 32.6 Å². The first-order chi connectivity index (χ1) is 12.5. The van der Waals surface area contributed by atoms with Crippen LogP contribution in [-0.2, 0) is 11.3 Å². The van der Waals surface area contributed by atoms with Gasteiger partial charge < -0.3 is 9.80 Å². The molecule has 1 aromatic heterocycles. The van der Waals surface area contributed by atoms with Crippen LogP contribution in [0.5, 0.6) is 0 Å². The van der Waals surface area contributed by atoms with E-state index in [0.717, 1.165) is 17.0 Å². The molecule has 1 saturated heterocycles. The fraction of sp³-hybridized carbons (Fsp3) is 0.389. The molecule has 0 saturated carbocycles. The number of carbonyl (C=O) groups excluding carboxylic acids is 2. The third-order valence-electron chi connectivity index (χ3n) is 4.51. The van der Waals surface area contributed by atoms with Gasteiger partial charge in [0.1, 0.15) is 12.4 Å². The van der Waals surface area contributed by atoms with Crippen LogP contribution in [0.25, 0.3) is 0 Å². The topological polar surface area (TPSA) is 62.6 Å². The number of aromatic nitrogens is 1. The molecule has 0 spiro atoms. The van der Waals surface area contributed by atoms with Crippen LogP contribution in [0.2, 0.25) is 0 Å². The van der Waals surface area contributed by atoms with Crippen molar-refractivity contribution >= 4 is 23.2 Å². The van der Waals surface area contributed by atoms with Gasteiger partial charge in [-0.3, -0.25) is 19.0 Å². The minimum atomic E-state index is -0.540. The monoisotopic (exact) mass is 377 g/mol. The first-order valence-electron chi connectivity index (χ1n) is 8.44. The molecule has 2 amide bonds. The standard InChI is InChI=1S/C18H20FN3O3S/c1-13-12-26-18(25)22(13)11-16(23)20-7-4-8-21(10-9-20)17(24)14-5-2-3-6-15(14)19/h2-3,5-6,12H,4,7-11H2,1H3. The fourth-order valence-electron chi connectivity index (χ4n) is 3.01. The summed E-state index contributed by atoms with van der Waals surface area (Å²) in [5.41, 5.74) is 0.812. The fourth-order valence-corrected chi connectivity index (χ4v) is 3.74. The summed E-state index contributed by atoms with van der Waals surface area (Å²) in [6, 6.07) is 5.91. The predicted molar refractivity (Wildman–Crippen MR) is 96.8 cm³/mol. The normalized spacial score (nSPS) is 15.0. The molecule has 0 unspecified atom stereocenters. The van der Waals surface area contributed by atoms with E-state index in [1.54, 1.807) is 34.2 Å². The third kappa shape index (κ3) is 3.85. The molecule has 1 aliphatic heterocycles. The average Bonchev–Trinajstić information content (AvgIpc) is 2.83. The van der Waals surface area contributed by atoms with Gasteiger partial charge in [-0.05, 0) is 25.5 Å². The number of aryl methyl sites for hydroxylation is 1. The van der Waals surface area contributed by atoms with Crippen molar-refractivity contribution < 1.29 is 14.0 Å². The maximum atomic E-state index is 13.8. The highest BCUT2D eigenvalue weighted by atomic mass is 32.1. The Kier molecular flexibility index (Phi) is 5.51. The number of amides is 2. The second-order valence-electron chi connectivity index (χ2n) is 6.24. The quantitative estimate of drug-likeness (QED) is 0.818. The van der Waals surface area contributed by atoms with Crippen molar-refractivity contribution in [2.75, 3.05) is 26.2 Å². The lowest BCUT2D eigenvalue weighted by Crippen LogP contribution is -2.39. The van der Waals surface area contributed by atoms with Gasteiger partial charge in [-0.15, -0.1) is 0 Å². The molecule has 6 nitrogen and oxygen atoms in total. The van der Waals surface area contributed by atoms with Crippen LogP contribution in [0.15, 0.2) is 34.4 Å². The number of halogens is 1. The number of hydrogen-bond acceptors (Lipinski definition) is 4. The van der Waals surface area contributed by atoms with Gasteiger partial charge in [0, 0.05) is 37.3 Å². The number of nitrogens with zero attached hydrogens (tertiary/aromatic N) is 3. The van der Waals surface area contributed by atoms with Crippen LogP contribution in [0.1, 0.15) is 22.5 Å². The molecule has 0 aliphatic carbocycles.